The van der Waals surface area contributed by atoms with Crippen molar-refractivity contribution in [1.82, 2.24) is 20.6 Å². The highest BCUT2D eigenvalue weighted by molar-refractivity contribution is 6.44. The first-order valence-corrected chi connectivity index (χ1v) is 13.0. The molecule has 0 radical (unpaired) electrons. The van der Waals surface area contributed by atoms with Crippen molar-refractivity contribution in [2.24, 2.45) is 0 Å². The maximum absolute atomic E-state index is 12.7. The van der Waals surface area contributed by atoms with Gasteiger partial charge < -0.3 is 36.0 Å². The second kappa shape index (κ2) is 13.2. The molecule has 12 heteroatoms. The number of ketones is 1. The van der Waals surface area contributed by atoms with Crippen LogP contribution in [0.5, 0.6) is 5.75 Å². The second-order valence-electron chi connectivity index (χ2n) is 8.93. The van der Waals surface area contributed by atoms with Crippen LogP contribution in [0, 0.1) is 0 Å². The van der Waals surface area contributed by atoms with Crippen molar-refractivity contribution in [2.75, 3.05) is 55.9 Å². The first kappa shape index (κ1) is 28.1. The fraction of sp³-hybridized carbons (Fsp3) is 0.333. The number of Topliss-reactive ketones (excluding diaryl/α,β-unsaturated/α-hetero) is 1. The molecule has 1 amide bonds. The predicted octanol–water partition coefficient (Wildman–Crippen LogP) is 3.11. The maximum Gasteiger partial charge on any atom is 0.292 e. The molecule has 0 unspecified atom stereocenters. The van der Waals surface area contributed by atoms with Crippen LogP contribution in [0.4, 0.5) is 28.8 Å². The van der Waals surface area contributed by atoms with Crippen molar-refractivity contribution in [3.05, 3.63) is 59.2 Å². The number of halogens is 1. The minimum Gasteiger partial charge on any atom is -0.494 e. The van der Waals surface area contributed by atoms with E-state index in [1.54, 1.807) is 25.3 Å². The third-order valence-corrected chi connectivity index (χ3v) is 6.75. The van der Waals surface area contributed by atoms with Gasteiger partial charge in [0, 0.05) is 37.4 Å². The summed E-state index contributed by atoms with van der Waals surface area (Å²) in [6.07, 6.45) is 3.59. The number of hydrogen-bond acceptors (Lipinski definition) is 10. The molecule has 0 aliphatic carbocycles. The minimum absolute atomic E-state index is 0.0216. The molecule has 1 aliphatic heterocycles. The number of piperidine rings is 1. The number of nitrogens with zero attached hydrogens (tertiary/aromatic N) is 3. The van der Waals surface area contributed by atoms with Crippen molar-refractivity contribution in [2.45, 2.75) is 18.9 Å². The number of ether oxygens (including phenoxy) is 1. The van der Waals surface area contributed by atoms with Crippen molar-refractivity contribution >= 4 is 52.1 Å². The zero-order valence-electron chi connectivity index (χ0n) is 21.8. The summed E-state index contributed by atoms with van der Waals surface area (Å²) in [6, 6.07) is 13.0. The lowest BCUT2D eigenvalue weighted by molar-refractivity contribution is -0.117. The fourth-order valence-corrected chi connectivity index (χ4v) is 4.47. The Labute approximate surface area is 231 Å². The van der Waals surface area contributed by atoms with E-state index in [-0.39, 0.29) is 35.5 Å². The molecule has 5 N–H and O–H groups in total. The van der Waals surface area contributed by atoms with E-state index in [2.05, 4.69) is 36.1 Å². The Bertz CT molecular complexity index is 1320. The monoisotopic (exact) mass is 553 g/mol. The summed E-state index contributed by atoms with van der Waals surface area (Å²) in [5, 5.41) is 21.1. The molecule has 206 valence electrons. The molecule has 39 heavy (non-hydrogen) atoms. The van der Waals surface area contributed by atoms with Crippen LogP contribution in [0.2, 0.25) is 5.02 Å². The minimum atomic E-state index is -0.823. The van der Waals surface area contributed by atoms with Crippen LogP contribution in [0.15, 0.2) is 48.7 Å². The van der Waals surface area contributed by atoms with Gasteiger partial charge in [-0.2, -0.15) is 4.98 Å². The summed E-state index contributed by atoms with van der Waals surface area (Å²) < 4.78 is 5.64. The Hall–Kier alpha value is -3.93. The van der Waals surface area contributed by atoms with Crippen molar-refractivity contribution in [1.29, 1.82) is 0 Å². The Morgan fingerprint density at radius 2 is 1.90 bits per heavy atom. The van der Waals surface area contributed by atoms with Crippen LogP contribution in [-0.2, 0) is 4.79 Å². The van der Waals surface area contributed by atoms with Gasteiger partial charge in [0.1, 0.15) is 10.8 Å². The first-order chi connectivity index (χ1) is 18.9. The van der Waals surface area contributed by atoms with Gasteiger partial charge in [-0.25, -0.2) is 4.98 Å². The number of methoxy groups -OCH3 is 1. The number of rotatable bonds is 11. The van der Waals surface area contributed by atoms with Gasteiger partial charge in [-0.15, -0.1) is 0 Å². The van der Waals surface area contributed by atoms with E-state index < -0.39 is 11.7 Å². The van der Waals surface area contributed by atoms with Crippen LogP contribution >= 0.6 is 11.6 Å². The topological polar surface area (TPSA) is 141 Å². The SMILES string of the molecule is CNC1CCN(c2ccc(Nc3ncc(Cl)c(Nc4ccccc4C(=O)C(=O)NCCO)n3)c(OC)c2)CC1. The Balaban J connectivity index is 1.52. The first-order valence-electron chi connectivity index (χ1n) is 12.6. The van der Waals surface area contributed by atoms with E-state index in [1.165, 1.54) is 12.3 Å². The van der Waals surface area contributed by atoms with Crippen molar-refractivity contribution in [3.63, 3.8) is 0 Å². The molecule has 3 aromatic rings. The molecule has 0 saturated carbocycles. The van der Waals surface area contributed by atoms with E-state index in [0.717, 1.165) is 31.6 Å². The summed E-state index contributed by atoms with van der Waals surface area (Å²) in [5.74, 6) is -0.437. The summed E-state index contributed by atoms with van der Waals surface area (Å²) in [7, 11) is 3.61. The molecule has 0 spiro atoms. The Morgan fingerprint density at radius 3 is 2.62 bits per heavy atom. The lowest BCUT2D eigenvalue weighted by Gasteiger charge is -2.33. The zero-order chi connectivity index (χ0) is 27.8. The van der Waals surface area contributed by atoms with E-state index in [9.17, 15) is 9.59 Å². The summed E-state index contributed by atoms with van der Waals surface area (Å²) in [6.45, 7) is 1.63. The number of amides is 1. The third kappa shape index (κ3) is 6.94. The number of hydrogen-bond donors (Lipinski definition) is 5. The van der Waals surface area contributed by atoms with Gasteiger partial charge in [0.15, 0.2) is 5.82 Å². The molecule has 1 fully saturated rings. The molecule has 11 nitrogen and oxygen atoms in total. The third-order valence-electron chi connectivity index (χ3n) is 6.47. The number of para-hydroxylation sites is 1. The molecule has 1 aliphatic rings. The zero-order valence-corrected chi connectivity index (χ0v) is 22.6. The van der Waals surface area contributed by atoms with E-state index in [1.807, 2.05) is 25.2 Å². The number of benzene rings is 2. The van der Waals surface area contributed by atoms with Crippen LogP contribution in [0.3, 0.4) is 0 Å². The molecular formula is C27H32ClN7O4. The van der Waals surface area contributed by atoms with Gasteiger partial charge >= 0.3 is 0 Å². The van der Waals surface area contributed by atoms with Crippen LogP contribution in [-0.4, -0.2) is 73.2 Å². The Kier molecular flexibility index (Phi) is 9.53. The van der Waals surface area contributed by atoms with Crippen molar-refractivity contribution < 1.29 is 19.4 Å². The van der Waals surface area contributed by atoms with E-state index >= 15 is 0 Å². The average Bonchev–Trinajstić information content (AvgIpc) is 2.97. The standard InChI is InChI=1S/C27H32ClN7O4/c1-29-17-9-12-35(13-10-17)18-7-8-22(23(15-18)39-2)33-27-31-16-20(28)25(34-27)32-21-6-4-3-5-19(21)24(37)26(38)30-11-14-36/h3-8,15-17,29,36H,9-14H2,1-2H3,(H,30,38)(H2,31,32,33,34). The molecule has 0 bridgehead atoms. The lowest BCUT2D eigenvalue weighted by atomic mass is 10.0. The molecule has 1 aromatic heterocycles. The number of aliphatic hydroxyl groups is 1. The number of aromatic nitrogens is 2. The van der Waals surface area contributed by atoms with Gasteiger partial charge in [-0.3, -0.25) is 9.59 Å². The van der Waals surface area contributed by atoms with E-state index in [0.29, 0.717) is 23.2 Å². The quantitative estimate of drug-likeness (QED) is 0.178. The molecular weight excluding hydrogens is 522 g/mol. The highest BCUT2D eigenvalue weighted by Gasteiger charge is 2.21. The van der Waals surface area contributed by atoms with Gasteiger partial charge in [-0.05, 0) is 44.2 Å². The fourth-order valence-electron chi connectivity index (χ4n) is 4.33. The summed E-state index contributed by atoms with van der Waals surface area (Å²) in [5.41, 5.74) is 2.23. The number of carbonyl (C=O) groups excluding carboxylic acids is 2. The number of anilines is 5. The second-order valence-corrected chi connectivity index (χ2v) is 9.34. The highest BCUT2D eigenvalue weighted by atomic mass is 35.5. The van der Waals surface area contributed by atoms with Gasteiger partial charge in [0.25, 0.3) is 11.7 Å². The number of carbonyl (C=O) groups is 2. The average molecular weight is 554 g/mol. The molecule has 0 atom stereocenters. The number of aliphatic hydroxyl groups excluding tert-OH is 1. The summed E-state index contributed by atoms with van der Waals surface area (Å²) >= 11 is 6.36. The number of nitrogens with one attached hydrogen (secondary N) is 4. The van der Waals surface area contributed by atoms with Crippen molar-refractivity contribution in [3.8, 4) is 5.75 Å². The maximum atomic E-state index is 12.7. The van der Waals surface area contributed by atoms with E-state index in [4.69, 9.17) is 21.4 Å². The molecule has 2 heterocycles. The van der Waals surface area contributed by atoms with Gasteiger partial charge in [-0.1, -0.05) is 23.7 Å². The lowest BCUT2D eigenvalue weighted by Crippen LogP contribution is -2.41. The van der Waals surface area contributed by atoms with Crippen LogP contribution < -0.4 is 30.9 Å². The highest BCUT2D eigenvalue weighted by Crippen LogP contribution is 2.33. The normalized spacial score (nSPS) is 13.6. The molecule has 2 aromatic carbocycles. The molecule has 4 rings (SSSR count). The van der Waals surface area contributed by atoms with Gasteiger partial charge in [0.05, 0.1) is 36.9 Å². The smallest absolute Gasteiger partial charge is 0.292 e. The van der Waals surface area contributed by atoms with Crippen LogP contribution in [0.1, 0.15) is 23.2 Å². The molecule has 1 saturated heterocycles. The summed E-state index contributed by atoms with van der Waals surface area (Å²) in [4.78, 5) is 35.9. The van der Waals surface area contributed by atoms with Crippen LogP contribution in [0.25, 0.3) is 0 Å². The largest absolute Gasteiger partial charge is 0.494 e. The predicted molar refractivity (Wildman–Crippen MR) is 152 cm³/mol. The van der Waals surface area contributed by atoms with Gasteiger partial charge in [0.2, 0.25) is 5.95 Å². The Morgan fingerprint density at radius 1 is 1.13 bits per heavy atom.